The molecular formula is C15H21N7O. The van der Waals surface area contributed by atoms with Crippen LogP contribution in [0.25, 0.3) is 5.65 Å². The molecule has 0 spiro atoms. The predicted octanol–water partition coefficient (Wildman–Crippen LogP) is 1.70. The monoisotopic (exact) mass is 315 g/mol. The van der Waals surface area contributed by atoms with Gasteiger partial charge < -0.3 is 14.6 Å². The average Bonchev–Trinajstić information content (AvgIpc) is 3.19. The number of methoxy groups -OCH3 is 1. The topological polar surface area (TPSA) is 82.2 Å². The third-order valence-electron chi connectivity index (χ3n) is 3.63. The minimum Gasteiger partial charge on any atom is -0.383 e. The van der Waals surface area contributed by atoms with E-state index in [1.807, 2.05) is 16.7 Å². The molecule has 8 nitrogen and oxygen atoms in total. The molecule has 0 aliphatic rings. The van der Waals surface area contributed by atoms with Crippen LogP contribution in [-0.4, -0.2) is 43.1 Å². The van der Waals surface area contributed by atoms with Crippen LogP contribution in [-0.2, 0) is 17.8 Å². The highest BCUT2D eigenvalue weighted by Gasteiger charge is 2.10. The fraction of sp³-hybridized carbons (Fsp3) is 0.467. The summed E-state index contributed by atoms with van der Waals surface area (Å²) in [6.07, 6.45) is 3.46. The highest BCUT2D eigenvalue weighted by Crippen LogP contribution is 2.19. The molecule has 8 heteroatoms. The average molecular weight is 315 g/mol. The van der Waals surface area contributed by atoms with E-state index in [2.05, 4.69) is 39.4 Å². The van der Waals surface area contributed by atoms with Crippen LogP contribution >= 0.6 is 0 Å². The van der Waals surface area contributed by atoms with Crippen molar-refractivity contribution in [3.05, 3.63) is 36.2 Å². The van der Waals surface area contributed by atoms with E-state index in [1.54, 1.807) is 24.1 Å². The normalized spacial score (nSPS) is 11.5. The third-order valence-corrected chi connectivity index (χ3v) is 3.63. The Labute approximate surface area is 134 Å². The first-order chi connectivity index (χ1) is 11.2. The minimum absolute atomic E-state index is 0.348. The van der Waals surface area contributed by atoms with Gasteiger partial charge in [0.1, 0.15) is 12.1 Å². The molecule has 23 heavy (non-hydrogen) atoms. The van der Waals surface area contributed by atoms with Crippen molar-refractivity contribution in [1.82, 2.24) is 29.4 Å². The summed E-state index contributed by atoms with van der Waals surface area (Å²) in [5.41, 5.74) is 1.86. The zero-order chi connectivity index (χ0) is 16.2. The molecule has 3 heterocycles. The van der Waals surface area contributed by atoms with Crippen LogP contribution in [0.1, 0.15) is 31.3 Å². The molecule has 0 aromatic carbocycles. The van der Waals surface area contributed by atoms with Crippen LogP contribution in [0.2, 0.25) is 0 Å². The van der Waals surface area contributed by atoms with E-state index in [1.165, 1.54) is 0 Å². The Balaban J connectivity index is 1.81. The maximum atomic E-state index is 5.10. The van der Waals surface area contributed by atoms with E-state index in [0.717, 1.165) is 29.5 Å². The summed E-state index contributed by atoms with van der Waals surface area (Å²) in [4.78, 5) is 4.61. The Morgan fingerprint density at radius 1 is 1.35 bits per heavy atom. The highest BCUT2D eigenvalue weighted by molar-refractivity contribution is 5.49. The fourth-order valence-electron chi connectivity index (χ4n) is 2.32. The van der Waals surface area contributed by atoms with Gasteiger partial charge in [0.15, 0.2) is 11.5 Å². The number of hydrogen-bond acceptors (Lipinski definition) is 6. The second kappa shape index (κ2) is 6.74. The van der Waals surface area contributed by atoms with E-state index < -0.39 is 0 Å². The number of hydrogen-bond donors (Lipinski definition) is 1. The Morgan fingerprint density at radius 3 is 3.00 bits per heavy atom. The van der Waals surface area contributed by atoms with Gasteiger partial charge >= 0.3 is 0 Å². The first-order valence-electron chi connectivity index (χ1n) is 7.63. The summed E-state index contributed by atoms with van der Waals surface area (Å²) in [7, 11) is 1.68. The largest absolute Gasteiger partial charge is 0.383 e. The van der Waals surface area contributed by atoms with Crippen molar-refractivity contribution in [3.8, 4) is 0 Å². The quantitative estimate of drug-likeness (QED) is 0.714. The van der Waals surface area contributed by atoms with Crippen LogP contribution in [0.5, 0.6) is 0 Å². The SMILES string of the molecule is COCCn1cnnc1CNc1cc(C(C)C)nc2ccnn12. The van der Waals surface area contributed by atoms with E-state index in [4.69, 9.17) is 4.74 Å². The molecule has 122 valence electrons. The summed E-state index contributed by atoms with van der Waals surface area (Å²) in [5, 5.41) is 15.8. The van der Waals surface area contributed by atoms with E-state index in [9.17, 15) is 0 Å². The molecule has 3 rings (SSSR count). The van der Waals surface area contributed by atoms with E-state index in [-0.39, 0.29) is 0 Å². The van der Waals surface area contributed by atoms with Gasteiger partial charge in [0, 0.05) is 31.5 Å². The van der Waals surface area contributed by atoms with Gasteiger partial charge in [-0.25, -0.2) is 4.98 Å². The number of aromatic nitrogens is 6. The lowest BCUT2D eigenvalue weighted by atomic mass is 10.1. The molecule has 0 aliphatic heterocycles. The van der Waals surface area contributed by atoms with Gasteiger partial charge in [0.05, 0.1) is 19.3 Å². The van der Waals surface area contributed by atoms with Gasteiger partial charge in [-0.3, -0.25) is 0 Å². The molecule has 0 atom stereocenters. The second-order valence-electron chi connectivity index (χ2n) is 5.61. The molecule has 0 amide bonds. The standard InChI is InChI=1S/C15H21N7O/c1-11(2)12-8-14(22-13(19-12)4-5-18-22)16-9-15-20-17-10-21(15)6-7-23-3/h4-5,8,10-11,16H,6-7,9H2,1-3H3. The summed E-state index contributed by atoms with van der Waals surface area (Å²) in [6, 6.07) is 3.93. The first kappa shape index (κ1) is 15.4. The molecule has 3 aromatic heterocycles. The van der Waals surface area contributed by atoms with E-state index in [0.29, 0.717) is 19.1 Å². The lowest BCUT2D eigenvalue weighted by Crippen LogP contribution is -2.13. The van der Waals surface area contributed by atoms with Crippen LogP contribution in [0.3, 0.4) is 0 Å². The Bertz CT molecular complexity index is 777. The Hall–Kier alpha value is -2.48. The second-order valence-corrected chi connectivity index (χ2v) is 5.61. The first-order valence-corrected chi connectivity index (χ1v) is 7.63. The van der Waals surface area contributed by atoms with Crippen LogP contribution in [0.15, 0.2) is 24.7 Å². The van der Waals surface area contributed by atoms with Gasteiger partial charge in [0.2, 0.25) is 0 Å². The lowest BCUT2D eigenvalue weighted by molar-refractivity contribution is 0.186. The van der Waals surface area contributed by atoms with Gasteiger partial charge in [0.25, 0.3) is 0 Å². The molecule has 0 bridgehead atoms. The van der Waals surface area contributed by atoms with Gasteiger partial charge in [-0.1, -0.05) is 13.8 Å². The molecule has 0 saturated carbocycles. The fourth-order valence-corrected chi connectivity index (χ4v) is 2.32. The molecule has 0 aliphatic carbocycles. The number of fused-ring (bicyclic) bond motifs is 1. The number of rotatable bonds is 7. The van der Waals surface area contributed by atoms with Crippen LogP contribution in [0.4, 0.5) is 5.82 Å². The summed E-state index contributed by atoms with van der Waals surface area (Å²) < 4.78 is 8.87. The van der Waals surface area contributed by atoms with Gasteiger partial charge in [-0.15, -0.1) is 10.2 Å². The zero-order valence-electron chi connectivity index (χ0n) is 13.6. The predicted molar refractivity (Wildman–Crippen MR) is 86.3 cm³/mol. The van der Waals surface area contributed by atoms with Crippen molar-refractivity contribution < 1.29 is 4.74 Å². The smallest absolute Gasteiger partial charge is 0.157 e. The molecule has 3 aromatic rings. The van der Waals surface area contributed by atoms with Crippen LogP contribution in [0, 0.1) is 0 Å². The maximum Gasteiger partial charge on any atom is 0.157 e. The van der Waals surface area contributed by atoms with Crippen LogP contribution < -0.4 is 5.32 Å². The summed E-state index contributed by atoms with van der Waals surface area (Å²) >= 11 is 0. The maximum absolute atomic E-state index is 5.10. The number of nitrogens with one attached hydrogen (secondary N) is 1. The van der Waals surface area contributed by atoms with Crippen molar-refractivity contribution in [1.29, 1.82) is 0 Å². The Kier molecular flexibility index (Phi) is 4.52. The number of nitrogens with zero attached hydrogens (tertiary/aromatic N) is 6. The molecule has 0 unspecified atom stereocenters. The molecule has 0 saturated heterocycles. The molecule has 0 fully saturated rings. The number of anilines is 1. The van der Waals surface area contributed by atoms with Crippen molar-refractivity contribution >= 4 is 11.5 Å². The zero-order valence-corrected chi connectivity index (χ0v) is 13.6. The Morgan fingerprint density at radius 2 is 2.22 bits per heavy atom. The third kappa shape index (κ3) is 3.31. The van der Waals surface area contributed by atoms with E-state index >= 15 is 0 Å². The minimum atomic E-state index is 0.348. The molecule has 0 radical (unpaired) electrons. The molecular weight excluding hydrogens is 294 g/mol. The van der Waals surface area contributed by atoms with Crippen molar-refractivity contribution in [3.63, 3.8) is 0 Å². The number of ether oxygens (including phenoxy) is 1. The van der Waals surface area contributed by atoms with Crippen molar-refractivity contribution in [2.24, 2.45) is 0 Å². The van der Waals surface area contributed by atoms with Crippen molar-refractivity contribution in [2.45, 2.75) is 32.9 Å². The molecule has 1 N–H and O–H groups in total. The van der Waals surface area contributed by atoms with Gasteiger partial charge in [-0.05, 0) is 5.92 Å². The van der Waals surface area contributed by atoms with Gasteiger partial charge in [-0.2, -0.15) is 9.61 Å². The summed E-state index contributed by atoms with van der Waals surface area (Å²) in [5.74, 6) is 2.09. The van der Waals surface area contributed by atoms with Crippen molar-refractivity contribution in [2.75, 3.05) is 19.0 Å². The summed E-state index contributed by atoms with van der Waals surface area (Å²) in [6.45, 7) is 6.16. The highest BCUT2D eigenvalue weighted by atomic mass is 16.5. The lowest BCUT2D eigenvalue weighted by Gasteiger charge is -2.12.